The molecule has 26 heavy (non-hydrogen) atoms. The highest BCUT2D eigenvalue weighted by Gasteiger charge is 2.17. The smallest absolute Gasteiger partial charge is 0.319 e. The number of hydrogen-bond acceptors (Lipinski definition) is 6. The Kier molecular flexibility index (Phi) is 4.40. The van der Waals surface area contributed by atoms with Crippen molar-refractivity contribution in [2.24, 2.45) is 0 Å². The van der Waals surface area contributed by atoms with E-state index >= 15 is 0 Å². The molecule has 2 amide bonds. The lowest BCUT2D eigenvalue weighted by atomic mass is 10.1. The third kappa shape index (κ3) is 3.45. The highest BCUT2D eigenvalue weighted by molar-refractivity contribution is 5.89. The van der Waals surface area contributed by atoms with Gasteiger partial charge in [-0.3, -0.25) is 0 Å². The molecule has 2 aliphatic heterocycles. The van der Waals surface area contributed by atoms with Crippen LogP contribution in [0.2, 0.25) is 0 Å². The Morgan fingerprint density at radius 2 is 1.65 bits per heavy atom. The Labute approximate surface area is 149 Å². The molecule has 4 rings (SSSR count). The molecule has 3 N–H and O–H groups in total. The predicted octanol–water partition coefficient (Wildman–Crippen LogP) is 2.04. The number of ether oxygens (including phenoxy) is 4. The van der Waals surface area contributed by atoms with Crippen molar-refractivity contribution in [3.8, 4) is 23.0 Å². The van der Waals surface area contributed by atoms with Gasteiger partial charge in [-0.15, -0.1) is 0 Å². The molecule has 0 spiro atoms. The average molecular weight is 358 g/mol. The third-order valence-electron chi connectivity index (χ3n) is 4.04. The van der Waals surface area contributed by atoms with Crippen LogP contribution in [0.4, 0.5) is 10.5 Å². The van der Waals surface area contributed by atoms with Crippen molar-refractivity contribution in [2.45, 2.75) is 6.10 Å². The Balaban J connectivity index is 1.32. The number of anilines is 1. The molecule has 8 nitrogen and oxygen atoms in total. The molecule has 2 heterocycles. The summed E-state index contributed by atoms with van der Waals surface area (Å²) >= 11 is 0. The summed E-state index contributed by atoms with van der Waals surface area (Å²) in [6.45, 7) is 1.21. The maximum absolute atomic E-state index is 12.0. The molecule has 0 saturated carbocycles. The van der Waals surface area contributed by atoms with E-state index in [1.807, 2.05) is 0 Å². The Morgan fingerprint density at radius 1 is 0.962 bits per heavy atom. The molecule has 2 aromatic carbocycles. The summed E-state index contributed by atoms with van der Waals surface area (Å²) in [5.41, 5.74) is 1.21. The third-order valence-corrected chi connectivity index (χ3v) is 4.04. The number of urea groups is 1. The number of carbonyl (C=O) groups excluding carboxylic acids is 1. The van der Waals surface area contributed by atoms with E-state index in [1.165, 1.54) is 0 Å². The fraction of sp³-hybridized carbons (Fsp3) is 0.278. The van der Waals surface area contributed by atoms with E-state index in [-0.39, 0.29) is 13.3 Å². The lowest BCUT2D eigenvalue weighted by Crippen LogP contribution is -2.32. The SMILES string of the molecule is O=C(NCC(O)c1ccc2c(c1)OCCO2)Nc1ccc2c(c1)OCO2. The molecule has 2 aromatic rings. The number of aliphatic hydroxyl groups excluding tert-OH is 1. The van der Waals surface area contributed by atoms with Crippen LogP contribution >= 0.6 is 0 Å². The van der Waals surface area contributed by atoms with E-state index < -0.39 is 12.1 Å². The van der Waals surface area contributed by atoms with E-state index in [0.29, 0.717) is 47.5 Å². The van der Waals surface area contributed by atoms with Gasteiger partial charge in [0, 0.05) is 18.3 Å². The summed E-state index contributed by atoms with van der Waals surface area (Å²) in [5, 5.41) is 15.6. The van der Waals surface area contributed by atoms with Crippen LogP contribution in [0.15, 0.2) is 36.4 Å². The van der Waals surface area contributed by atoms with E-state index in [0.717, 1.165) is 0 Å². The second kappa shape index (κ2) is 7.01. The van der Waals surface area contributed by atoms with Crippen molar-refractivity contribution in [1.82, 2.24) is 5.32 Å². The lowest BCUT2D eigenvalue weighted by molar-refractivity contribution is 0.163. The molecule has 2 aliphatic rings. The van der Waals surface area contributed by atoms with Crippen molar-refractivity contribution in [3.63, 3.8) is 0 Å². The molecule has 136 valence electrons. The number of rotatable bonds is 4. The first-order valence-electron chi connectivity index (χ1n) is 8.21. The lowest BCUT2D eigenvalue weighted by Gasteiger charge is -2.20. The van der Waals surface area contributed by atoms with Crippen LogP contribution in [-0.4, -0.2) is 37.7 Å². The van der Waals surface area contributed by atoms with Gasteiger partial charge in [-0.25, -0.2) is 4.79 Å². The normalized spacial score (nSPS) is 15.3. The molecule has 1 atom stereocenters. The van der Waals surface area contributed by atoms with Crippen LogP contribution in [0.25, 0.3) is 0 Å². The van der Waals surface area contributed by atoms with Crippen molar-refractivity contribution in [3.05, 3.63) is 42.0 Å². The molecule has 0 fully saturated rings. The first-order chi connectivity index (χ1) is 12.7. The van der Waals surface area contributed by atoms with Gasteiger partial charge < -0.3 is 34.7 Å². The second-order valence-electron chi connectivity index (χ2n) is 5.82. The molecule has 8 heteroatoms. The molecule has 0 saturated heterocycles. The van der Waals surface area contributed by atoms with E-state index in [9.17, 15) is 9.90 Å². The standard InChI is InChI=1S/C18H18N2O6/c21-13(11-1-3-14-16(7-11)24-6-5-23-14)9-19-18(22)20-12-2-4-15-17(8-12)26-10-25-15/h1-4,7-8,13,21H,5-6,9-10H2,(H2,19,20,22). The van der Waals surface area contributed by atoms with Crippen LogP contribution in [0.5, 0.6) is 23.0 Å². The monoisotopic (exact) mass is 358 g/mol. The molecular weight excluding hydrogens is 340 g/mol. The minimum atomic E-state index is -0.867. The van der Waals surface area contributed by atoms with Crippen LogP contribution in [0.3, 0.4) is 0 Å². The highest BCUT2D eigenvalue weighted by Crippen LogP contribution is 2.34. The Hall–Kier alpha value is -3.13. The largest absolute Gasteiger partial charge is 0.486 e. The molecule has 0 aromatic heterocycles. The molecule has 0 aliphatic carbocycles. The minimum Gasteiger partial charge on any atom is -0.486 e. The van der Waals surface area contributed by atoms with Crippen LogP contribution in [-0.2, 0) is 0 Å². The van der Waals surface area contributed by atoms with Gasteiger partial charge in [-0.2, -0.15) is 0 Å². The zero-order chi connectivity index (χ0) is 17.9. The van der Waals surface area contributed by atoms with Crippen molar-refractivity contribution >= 4 is 11.7 Å². The van der Waals surface area contributed by atoms with E-state index in [4.69, 9.17) is 18.9 Å². The quantitative estimate of drug-likeness (QED) is 0.774. The van der Waals surface area contributed by atoms with Gasteiger partial charge in [0.2, 0.25) is 6.79 Å². The van der Waals surface area contributed by atoms with Gasteiger partial charge in [0.05, 0.1) is 6.10 Å². The number of amides is 2. The average Bonchev–Trinajstić information content (AvgIpc) is 3.13. The van der Waals surface area contributed by atoms with Crippen molar-refractivity contribution in [2.75, 3.05) is 31.9 Å². The van der Waals surface area contributed by atoms with Gasteiger partial charge in [-0.1, -0.05) is 6.07 Å². The number of carbonyl (C=O) groups is 1. The fourth-order valence-corrected chi connectivity index (χ4v) is 2.72. The number of hydrogen-bond donors (Lipinski definition) is 3. The van der Waals surface area contributed by atoms with E-state index in [2.05, 4.69) is 10.6 Å². The second-order valence-corrected chi connectivity index (χ2v) is 5.82. The number of aliphatic hydroxyl groups is 1. The summed E-state index contributed by atoms with van der Waals surface area (Å²) < 4.78 is 21.4. The van der Waals surface area contributed by atoms with Gasteiger partial charge in [0.25, 0.3) is 0 Å². The minimum absolute atomic E-state index is 0.0516. The fourth-order valence-electron chi connectivity index (χ4n) is 2.72. The zero-order valence-electron chi connectivity index (χ0n) is 13.9. The number of nitrogens with one attached hydrogen (secondary N) is 2. The van der Waals surface area contributed by atoms with Crippen LogP contribution in [0.1, 0.15) is 11.7 Å². The Morgan fingerprint density at radius 3 is 2.54 bits per heavy atom. The van der Waals surface area contributed by atoms with Gasteiger partial charge in [-0.05, 0) is 29.8 Å². The van der Waals surface area contributed by atoms with Crippen LogP contribution < -0.4 is 29.6 Å². The van der Waals surface area contributed by atoms with Crippen molar-refractivity contribution < 1.29 is 28.8 Å². The summed E-state index contributed by atoms with van der Waals surface area (Å²) in [6, 6.07) is 9.90. The summed E-state index contributed by atoms with van der Waals surface area (Å²) in [6.07, 6.45) is -0.867. The van der Waals surface area contributed by atoms with Crippen LogP contribution in [0, 0.1) is 0 Å². The first kappa shape index (κ1) is 16.3. The topological polar surface area (TPSA) is 98.3 Å². The molecule has 0 radical (unpaired) electrons. The number of fused-ring (bicyclic) bond motifs is 2. The van der Waals surface area contributed by atoms with E-state index in [1.54, 1.807) is 36.4 Å². The Bertz CT molecular complexity index is 825. The summed E-state index contributed by atoms with van der Waals surface area (Å²) in [5.74, 6) is 2.47. The zero-order valence-corrected chi connectivity index (χ0v) is 13.9. The number of benzene rings is 2. The van der Waals surface area contributed by atoms with Gasteiger partial charge in [0.15, 0.2) is 23.0 Å². The predicted molar refractivity (Wildman–Crippen MR) is 92.0 cm³/mol. The van der Waals surface area contributed by atoms with Crippen molar-refractivity contribution in [1.29, 1.82) is 0 Å². The maximum atomic E-state index is 12.0. The first-order valence-corrected chi connectivity index (χ1v) is 8.21. The van der Waals surface area contributed by atoms with Gasteiger partial charge >= 0.3 is 6.03 Å². The molecule has 0 bridgehead atoms. The highest BCUT2D eigenvalue weighted by atomic mass is 16.7. The maximum Gasteiger partial charge on any atom is 0.319 e. The molecular formula is C18H18N2O6. The summed E-state index contributed by atoms with van der Waals surface area (Å²) in [7, 11) is 0. The van der Waals surface area contributed by atoms with Gasteiger partial charge in [0.1, 0.15) is 13.2 Å². The summed E-state index contributed by atoms with van der Waals surface area (Å²) in [4.78, 5) is 12.0. The molecule has 1 unspecified atom stereocenters.